The van der Waals surface area contributed by atoms with Gasteiger partial charge in [-0.3, -0.25) is 4.79 Å². The molecule has 6 rings (SSSR count). The Bertz CT molecular complexity index is 1620. The molecule has 7 heteroatoms. The van der Waals surface area contributed by atoms with E-state index in [-0.39, 0.29) is 11.6 Å². The summed E-state index contributed by atoms with van der Waals surface area (Å²) in [6.45, 7) is 6.82. The summed E-state index contributed by atoms with van der Waals surface area (Å²) >= 11 is 0. The van der Waals surface area contributed by atoms with Gasteiger partial charge in [-0.15, -0.1) is 5.10 Å². The van der Waals surface area contributed by atoms with E-state index in [9.17, 15) is 4.79 Å². The zero-order valence-corrected chi connectivity index (χ0v) is 20.6. The Labute approximate surface area is 209 Å². The number of rotatable bonds is 5. The van der Waals surface area contributed by atoms with Crippen molar-refractivity contribution in [3.63, 3.8) is 0 Å². The zero-order valence-electron chi connectivity index (χ0n) is 20.6. The molecule has 3 aromatic carbocycles. The molecule has 1 aliphatic heterocycles. The average molecular weight is 477 g/mol. The van der Waals surface area contributed by atoms with E-state index >= 15 is 0 Å². The number of para-hydroxylation sites is 1. The van der Waals surface area contributed by atoms with Crippen LogP contribution in [0, 0.1) is 13.8 Å². The summed E-state index contributed by atoms with van der Waals surface area (Å²) in [6, 6.07) is 24.5. The SMILES string of the molecule is Cc1cc(C)c2[nH]c(=O)c(C(c3nnnn3Cc3ccccc3)N3c4ccccc4CC3C)cc2c1. The molecule has 0 bridgehead atoms. The fraction of sp³-hybridized carbons (Fsp3) is 0.241. The third-order valence-electron chi connectivity index (χ3n) is 7.13. The number of benzene rings is 3. The van der Waals surface area contributed by atoms with Crippen LogP contribution in [0.2, 0.25) is 0 Å². The second-order valence-corrected chi connectivity index (χ2v) is 9.77. The molecule has 0 saturated heterocycles. The van der Waals surface area contributed by atoms with Gasteiger partial charge in [0, 0.05) is 17.3 Å². The summed E-state index contributed by atoms with van der Waals surface area (Å²) in [7, 11) is 0. The van der Waals surface area contributed by atoms with Crippen molar-refractivity contribution in [3.05, 3.63) is 117 Å². The smallest absolute Gasteiger partial charge is 0.254 e. The van der Waals surface area contributed by atoms with E-state index in [0.29, 0.717) is 17.9 Å². The van der Waals surface area contributed by atoms with Crippen molar-refractivity contribution in [2.45, 2.75) is 45.8 Å². The van der Waals surface area contributed by atoms with Crippen molar-refractivity contribution in [1.82, 2.24) is 25.2 Å². The van der Waals surface area contributed by atoms with Gasteiger partial charge in [-0.1, -0.05) is 60.2 Å². The number of hydrogen-bond acceptors (Lipinski definition) is 5. The minimum absolute atomic E-state index is 0.120. The Kier molecular flexibility index (Phi) is 5.40. The molecule has 0 saturated carbocycles. The predicted octanol–water partition coefficient (Wildman–Crippen LogP) is 4.72. The van der Waals surface area contributed by atoms with Gasteiger partial charge in [0.1, 0.15) is 6.04 Å². The zero-order chi connectivity index (χ0) is 24.8. The number of H-pyrrole nitrogens is 1. The molecule has 0 radical (unpaired) electrons. The Morgan fingerprint density at radius 3 is 2.64 bits per heavy atom. The van der Waals surface area contributed by atoms with Gasteiger partial charge < -0.3 is 9.88 Å². The summed E-state index contributed by atoms with van der Waals surface area (Å²) in [5, 5.41) is 13.9. The number of aryl methyl sites for hydroxylation is 2. The largest absolute Gasteiger partial charge is 0.354 e. The molecule has 5 aromatic rings. The van der Waals surface area contributed by atoms with Gasteiger partial charge in [-0.2, -0.15) is 0 Å². The molecular formula is C29H28N6O. The highest BCUT2D eigenvalue weighted by molar-refractivity contribution is 5.83. The van der Waals surface area contributed by atoms with E-state index in [1.165, 1.54) is 5.56 Å². The van der Waals surface area contributed by atoms with Crippen LogP contribution in [0.4, 0.5) is 5.69 Å². The topological polar surface area (TPSA) is 79.7 Å². The van der Waals surface area contributed by atoms with Crippen LogP contribution in [0.5, 0.6) is 0 Å². The van der Waals surface area contributed by atoms with Gasteiger partial charge in [0.15, 0.2) is 5.82 Å². The van der Waals surface area contributed by atoms with E-state index in [1.807, 2.05) is 41.9 Å². The number of pyridine rings is 1. The van der Waals surface area contributed by atoms with Gasteiger partial charge in [0.05, 0.1) is 12.1 Å². The molecule has 1 N–H and O–H groups in total. The third-order valence-corrected chi connectivity index (χ3v) is 7.13. The van der Waals surface area contributed by atoms with Crippen molar-refractivity contribution in [1.29, 1.82) is 0 Å². The van der Waals surface area contributed by atoms with E-state index in [0.717, 1.165) is 39.7 Å². The summed E-state index contributed by atoms with van der Waals surface area (Å²) in [6.07, 6.45) is 0.899. The van der Waals surface area contributed by atoms with Crippen molar-refractivity contribution in [2.24, 2.45) is 0 Å². The van der Waals surface area contributed by atoms with Crippen LogP contribution in [0.3, 0.4) is 0 Å². The lowest BCUT2D eigenvalue weighted by molar-refractivity contribution is 0.544. The fourth-order valence-corrected chi connectivity index (χ4v) is 5.58. The molecule has 1 aliphatic rings. The van der Waals surface area contributed by atoms with Gasteiger partial charge in [0.2, 0.25) is 0 Å². The van der Waals surface area contributed by atoms with Crippen LogP contribution >= 0.6 is 0 Å². The number of nitrogens with one attached hydrogen (secondary N) is 1. The molecule has 2 aromatic heterocycles. The van der Waals surface area contributed by atoms with Crippen LogP contribution < -0.4 is 10.5 Å². The van der Waals surface area contributed by atoms with Crippen LogP contribution in [0.1, 0.15) is 46.6 Å². The van der Waals surface area contributed by atoms with E-state index in [2.05, 4.69) is 81.7 Å². The molecular weight excluding hydrogens is 448 g/mol. The van der Waals surface area contributed by atoms with Crippen LogP contribution in [0.15, 0.2) is 77.6 Å². The van der Waals surface area contributed by atoms with Crippen LogP contribution in [-0.4, -0.2) is 31.2 Å². The second-order valence-electron chi connectivity index (χ2n) is 9.77. The maximum Gasteiger partial charge on any atom is 0.254 e. The number of aromatic amines is 1. The van der Waals surface area contributed by atoms with Crippen molar-refractivity contribution >= 4 is 16.6 Å². The monoisotopic (exact) mass is 476 g/mol. The first-order chi connectivity index (χ1) is 17.5. The second kappa shape index (κ2) is 8.75. The van der Waals surface area contributed by atoms with E-state index in [1.54, 1.807) is 0 Å². The highest BCUT2D eigenvalue weighted by Crippen LogP contribution is 2.40. The maximum absolute atomic E-state index is 13.7. The quantitative estimate of drug-likeness (QED) is 0.397. The standard InChI is InChI=1S/C29H28N6O/c1-18-13-19(2)26-23(14-18)16-24(29(36)30-26)27(35-20(3)15-22-11-7-8-12-25(22)35)28-31-32-33-34(28)17-21-9-5-4-6-10-21/h4-14,16,20,27H,15,17H2,1-3H3,(H,30,36). The van der Waals surface area contributed by atoms with Crippen molar-refractivity contribution in [2.75, 3.05) is 4.90 Å². The molecule has 2 unspecified atom stereocenters. The Morgan fingerprint density at radius 1 is 1.03 bits per heavy atom. The number of fused-ring (bicyclic) bond motifs is 2. The summed E-state index contributed by atoms with van der Waals surface area (Å²) < 4.78 is 1.82. The molecule has 2 atom stereocenters. The Balaban J connectivity index is 1.57. The lowest BCUT2D eigenvalue weighted by atomic mass is 10.00. The number of tetrazole rings is 1. The third kappa shape index (κ3) is 3.77. The molecule has 0 amide bonds. The van der Waals surface area contributed by atoms with E-state index < -0.39 is 6.04 Å². The normalized spacial score (nSPS) is 15.9. The summed E-state index contributed by atoms with van der Waals surface area (Å²) in [4.78, 5) is 19.2. The molecule has 0 fully saturated rings. The number of nitrogens with zero attached hydrogens (tertiary/aromatic N) is 5. The lowest BCUT2D eigenvalue weighted by Gasteiger charge is -2.33. The summed E-state index contributed by atoms with van der Waals surface area (Å²) in [5.41, 5.74) is 7.07. The number of anilines is 1. The first-order valence-corrected chi connectivity index (χ1v) is 12.3. The van der Waals surface area contributed by atoms with Gasteiger partial charge in [-0.25, -0.2) is 4.68 Å². The van der Waals surface area contributed by atoms with E-state index in [4.69, 9.17) is 0 Å². The number of hydrogen-bond donors (Lipinski definition) is 1. The highest BCUT2D eigenvalue weighted by atomic mass is 16.1. The molecule has 0 aliphatic carbocycles. The lowest BCUT2D eigenvalue weighted by Crippen LogP contribution is -2.39. The molecule has 0 spiro atoms. The van der Waals surface area contributed by atoms with Gasteiger partial charge in [-0.05, 0) is 77.9 Å². The Hall–Kier alpha value is -4.26. The van der Waals surface area contributed by atoms with Crippen molar-refractivity contribution < 1.29 is 0 Å². The van der Waals surface area contributed by atoms with Crippen molar-refractivity contribution in [3.8, 4) is 0 Å². The van der Waals surface area contributed by atoms with Crippen LogP contribution in [0.25, 0.3) is 10.9 Å². The minimum Gasteiger partial charge on any atom is -0.354 e. The fourth-order valence-electron chi connectivity index (χ4n) is 5.58. The molecule has 7 nitrogen and oxygen atoms in total. The highest BCUT2D eigenvalue weighted by Gasteiger charge is 2.37. The summed E-state index contributed by atoms with van der Waals surface area (Å²) in [5.74, 6) is 0.650. The average Bonchev–Trinajstić information content (AvgIpc) is 3.45. The molecule has 3 heterocycles. The Morgan fingerprint density at radius 2 is 1.81 bits per heavy atom. The predicted molar refractivity (Wildman–Crippen MR) is 141 cm³/mol. The molecule has 36 heavy (non-hydrogen) atoms. The van der Waals surface area contributed by atoms with Crippen LogP contribution in [-0.2, 0) is 13.0 Å². The minimum atomic E-state index is -0.448. The van der Waals surface area contributed by atoms with Gasteiger partial charge in [0.25, 0.3) is 5.56 Å². The maximum atomic E-state index is 13.7. The first kappa shape index (κ1) is 22.2. The first-order valence-electron chi connectivity index (χ1n) is 12.3. The number of aromatic nitrogens is 5. The van der Waals surface area contributed by atoms with Gasteiger partial charge >= 0.3 is 0 Å². The molecule has 180 valence electrons.